The third kappa shape index (κ3) is 2.19. The minimum Gasteiger partial charge on any atom is -0.435 e. The Hall–Kier alpha value is -0.570. The van der Waals surface area contributed by atoms with E-state index in [1.807, 2.05) is 20.8 Å². The van der Waals surface area contributed by atoms with Crippen molar-refractivity contribution in [2.75, 3.05) is 0 Å². The number of cyclic esters (lactones) is 1. The second-order valence-electron chi connectivity index (χ2n) is 3.25. The molecule has 3 nitrogen and oxygen atoms in total. The zero-order valence-electron chi connectivity index (χ0n) is 7.16. The topological polar surface area (TPSA) is 35.5 Å². The first-order valence-electron chi connectivity index (χ1n) is 3.94. The van der Waals surface area contributed by atoms with Crippen molar-refractivity contribution in [1.82, 2.24) is 0 Å². The van der Waals surface area contributed by atoms with Gasteiger partial charge in [0, 0.05) is 5.92 Å². The molecule has 0 unspecified atom stereocenters. The molecule has 0 saturated carbocycles. The van der Waals surface area contributed by atoms with Crippen LogP contribution >= 0.6 is 0 Å². The molecule has 0 spiro atoms. The molecule has 2 atom stereocenters. The van der Waals surface area contributed by atoms with Gasteiger partial charge in [-0.05, 0) is 6.92 Å². The number of hydrogen-bond donors (Lipinski definition) is 0. The van der Waals surface area contributed by atoms with Crippen LogP contribution in [0.2, 0.25) is 0 Å². The van der Waals surface area contributed by atoms with Gasteiger partial charge in [0.05, 0.1) is 12.5 Å². The highest BCUT2D eigenvalue weighted by Crippen LogP contribution is 2.18. The zero-order valence-corrected chi connectivity index (χ0v) is 7.16. The van der Waals surface area contributed by atoms with Crippen LogP contribution < -0.4 is 0 Å². The van der Waals surface area contributed by atoms with E-state index in [9.17, 15) is 4.79 Å². The first kappa shape index (κ1) is 8.53. The molecule has 0 aromatic rings. The minimum atomic E-state index is -0.341. The first-order chi connectivity index (χ1) is 5.09. The highest BCUT2D eigenvalue weighted by molar-refractivity contribution is 5.70. The lowest BCUT2D eigenvalue weighted by Gasteiger charge is -2.29. The summed E-state index contributed by atoms with van der Waals surface area (Å²) in [6.45, 7) is 5.82. The Morgan fingerprint density at radius 3 is 2.64 bits per heavy atom. The van der Waals surface area contributed by atoms with E-state index in [1.165, 1.54) is 0 Å². The number of carbonyl (C=O) groups excluding carboxylic acids is 1. The Labute approximate surface area is 66.7 Å². The van der Waals surface area contributed by atoms with Gasteiger partial charge < -0.3 is 9.47 Å². The fourth-order valence-corrected chi connectivity index (χ4v) is 1.01. The Bertz CT molecular complexity index is 153. The maximum Gasteiger partial charge on any atom is 0.310 e. The molecule has 1 rings (SSSR count). The van der Waals surface area contributed by atoms with E-state index in [4.69, 9.17) is 9.47 Å². The van der Waals surface area contributed by atoms with Crippen LogP contribution in [0.3, 0.4) is 0 Å². The van der Waals surface area contributed by atoms with Crippen LogP contribution in [0, 0.1) is 5.92 Å². The quantitative estimate of drug-likeness (QED) is 0.540. The maximum absolute atomic E-state index is 10.9. The second-order valence-corrected chi connectivity index (χ2v) is 3.25. The molecule has 0 amide bonds. The van der Waals surface area contributed by atoms with Crippen LogP contribution in [0.15, 0.2) is 0 Å². The predicted molar refractivity (Wildman–Crippen MR) is 39.9 cm³/mol. The van der Waals surface area contributed by atoms with Gasteiger partial charge >= 0.3 is 5.97 Å². The summed E-state index contributed by atoms with van der Waals surface area (Å²) >= 11 is 0. The van der Waals surface area contributed by atoms with Crippen LogP contribution in [0.4, 0.5) is 0 Å². The lowest BCUT2D eigenvalue weighted by Crippen LogP contribution is -2.37. The molecule has 0 N–H and O–H groups in total. The number of hydrogen-bond acceptors (Lipinski definition) is 3. The van der Waals surface area contributed by atoms with Crippen LogP contribution in [-0.2, 0) is 14.3 Å². The third-order valence-electron chi connectivity index (χ3n) is 1.61. The Balaban J connectivity index is 2.49. The number of rotatable bonds is 1. The summed E-state index contributed by atoms with van der Waals surface area (Å²) in [6, 6.07) is 0. The predicted octanol–water partition coefficient (Wildman–Crippen LogP) is 1.32. The van der Waals surface area contributed by atoms with E-state index >= 15 is 0 Å². The van der Waals surface area contributed by atoms with Crippen molar-refractivity contribution < 1.29 is 14.3 Å². The van der Waals surface area contributed by atoms with E-state index in [0.29, 0.717) is 6.42 Å². The van der Waals surface area contributed by atoms with Crippen molar-refractivity contribution in [1.29, 1.82) is 0 Å². The van der Waals surface area contributed by atoms with Crippen molar-refractivity contribution in [2.24, 2.45) is 5.92 Å². The number of ether oxygens (including phenoxy) is 2. The molecule has 0 bridgehead atoms. The standard InChI is InChI=1S/C8H14O3/c1-5(2)8-10-6(3)4-7(9)11-8/h5-6,8H,4H2,1-3H3/t6-,8-/m1/s1. The molecular weight excluding hydrogens is 144 g/mol. The molecule has 1 heterocycles. The molecule has 0 aliphatic carbocycles. The summed E-state index contributed by atoms with van der Waals surface area (Å²) in [6.07, 6.45) is 0.0401. The normalized spacial score (nSPS) is 32.2. The minimum absolute atomic E-state index is 0.00338. The van der Waals surface area contributed by atoms with Crippen molar-refractivity contribution >= 4 is 5.97 Å². The van der Waals surface area contributed by atoms with Gasteiger partial charge in [-0.2, -0.15) is 0 Å². The lowest BCUT2D eigenvalue weighted by molar-refractivity contribution is -0.224. The van der Waals surface area contributed by atoms with Gasteiger partial charge in [0.15, 0.2) is 0 Å². The molecule has 0 aromatic heterocycles. The Kier molecular flexibility index (Phi) is 2.49. The summed E-state index contributed by atoms with van der Waals surface area (Å²) in [5.74, 6) is 0.0872. The molecular formula is C8H14O3. The van der Waals surface area contributed by atoms with E-state index in [2.05, 4.69) is 0 Å². The van der Waals surface area contributed by atoms with Crippen molar-refractivity contribution in [3.05, 3.63) is 0 Å². The SMILES string of the molecule is CC(C)[C@H]1OC(=O)C[C@@H](C)O1. The van der Waals surface area contributed by atoms with E-state index in [1.54, 1.807) is 0 Å². The average molecular weight is 158 g/mol. The molecule has 0 radical (unpaired) electrons. The Morgan fingerprint density at radius 2 is 2.18 bits per heavy atom. The van der Waals surface area contributed by atoms with Crippen molar-refractivity contribution in [3.63, 3.8) is 0 Å². The molecule has 1 aliphatic heterocycles. The van der Waals surface area contributed by atoms with Gasteiger partial charge in [-0.15, -0.1) is 0 Å². The monoisotopic (exact) mass is 158 g/mol. The van der Waals surface area contributed by atoms with Crippen LogP contribution in [0.5, 0.6) is 0 Å². The van der Waals surface area contributed by atoms with Gasteiger partial charge in [-0.1, -0.05) is 13.8 Å². The summed E-state index contributed by atoms with van der Waals surface area (Å²) in [5, 5.41) is 0. The zero-order chi connectivity index (χ0) is 8.43. The molecule has 11 heavy (non-hydrogen) atoms. The van der Waals surface area contributed by atoms with E-state index in [-0.39, 0.29) is 24.3 Å². The van der Waals surface area contributed by atoms with Crippen LogP contribution in [-0.4, -0.2) is 18.4 Å². The summed E-state index contributed by atoms with van der Waals surface area (Å²) < 4.78 is 10.3. The van der Waals surface area contributed by atoms with Gasteiger partial charge in [0.1, 0.15) is 0 Å². The summed E-state index contributed by atoms with van der Waals surface area (Å²) in [5.41, 5.74) is 0. The lowest BCUT2D eigenvalue weighted by atomic mass is 10.2. The molecule has 3 heteroatoms. The molecule has 1 aliphatic rings. The molecule has 0 aromatic carbocycles. The summed E-state index contributed by atoms with van der Waals surface area (Å²) in [4.78, 5) is 10.9. The highest BCUT2D eigenvalue weighted by atomic mass is 16.7. The van der Waals surface area contributed by atoms with Gasteiger partial charge in [0.2, 0.25) is 6.29 Å². The average Bonchev–Trinajstić information content (AvgIpc) is 1.85. The summed E-state index contributed by atoms with van der Waals surface area (Å²) in [7, 11) is 0. The number of carbonyl (C=O) groups is 1. The van der Waals surface area contributed by atoms with Crippen LogP contribution in [0.1, 0.15) is 27.2 Å². The first-order valence-corrected chi connectivity index (χ1v) is 3.94. The largest absolute Gasteiger partial charge is 0.435 e. The molecule has 1 fully saturated rings. The van der Waals surface area contributed by atoms with E-state index in [0.717, 1.165) is 0 Å². The second kappa shape index (κ2) is 3.22. The van der Waals surface area contributed by atoms with Crippen LogP contribution in [0.25, 0.3) is 0 Å². The number of esters is 1. The van der Waals surface area contributed by atoms with Gasteiger partial charge in [0.25, 0.3) is 0 Å². The fourth-order valence-electron chi connectivity index (χ4n) is 1.01. The van der Waals surface area contributed by atoms with Crippen molar-refractivity contribution in [3.8, 4) is 0 Å². The van der Waals surface area contributed by atoms with Gasteiger partial charge in [-0.25, -0.2) is 0 Å². The van der Waals surface area contributed by atoms with E-state index < -0.39 is 0 Å². The third-order valence-corrected chi connectivity index (χ3v) is 1.61. The van der Waals surface area contributed by atoms with Gasteiger partial charge in [-0.3, -0.25) is 4.79 Å². The Morgan fingerprint density at radius 1 is 1.55 bits per heavy atom. The molecule has 64 valence electrons. The fraction of sp³-hybridized carbons (Fsp3) is 0.875. The smallest absolute Gasteiger partial charge is 0.310 e. The molecule has 1 saturated heterocycles. The maximum atomic E-state index is 10.9. The highest BCUT2D eigenvalue weighted by Gasteiger charge is 2.28. The van der Waals surface area contributed by atoms with Crippen molar-refractivity contribution in [2.45, 2.75) is 39.6 Å².